The number of aromatic hydroxyl groups is 1. The van der Waals surface area contributed by atoms with Crippen LogP contribution in [0.25, 0.3) is 0 Å². The van der Waals surface area contributed by atoms with E-state index >= 15 is 0 Å². The Hall–Kier alpha value is -2.40. The highest BCUT2D eigenvalue weighted by molar-refractivity contribution is 5.97. The van der Waals surface area contributed by atoms with Crippen LogP contribution in [0.5, 0.6) is 5.75 Å². The molecule has 108 valence electrons. The van der Waals surface area contributed by atoms with Crippen molar-refractivity contribution in [2.45, 2.75) is 18.6 Å². The maximum Gasteiger partial charge on any atom is 0.258 e. The molecule has 0 saturated heterocycles. The van der Waals surface area contributed by atoms with Gasteiger partial charge in [-0.25, -0.2) is 4.39 Å². The van der Waals surface area contributed by atoms with Gasteiger partial charge in [0.15, 0.2) is 0 Å². The molecule has 0 radical (unpaired) electrons. The number of aliphatic hydroxyl groups excluding tert-OH is 1. The Morgan fingerprint density at radius 1 is 1.19 bits per heavy atom. The summed E-state index contributed by atoms with van der Waals surface area (Å²) in [5.41, 5.74) is 1.36. The maximum atomic E-state index is 13.7. The van der Waals surface area contributed by atoms with Crippen molar-refractivity contribution in [3.63, 3.8) is 0 Å². The molecule has 5 heteroatoms. The average Bonchev–Trinajstić information content (AvgIpc) is 2.75. The van der Waals surface area contributed by atoms with Crippen LogP contribution in [0.4, 0.5) is 4.39 Å². The highest BCUT2D eigenvalue weighted by Gasteiger charge is 2.33. The Bertz CT molecular complexity index is 681. The first kappa shape index (κ1) is 13.6. The Balaban J connectivity index is 1.89. The summed E-state index contributed by atoms with van der Waals surface area (Å²) < 4.78 is 13.7. The molecule has 1 aliphatic rings. The second-order valence-electron chi connectivity index (χ2n) is 5.06. The van der Waals surface area contributed by atoms with Crippen LogP contribution in [0.3, 0.4) is 0 Å². The summed E-state index contributed by atoms with van der Waals surface area (Å²) in [4.78, 5) is 12.2. The van der Waals surface area contributed by atoms with Crippen LogP contribution >= 0.6 is 0 Å². The molecule has 2 atom stereocenters. The van der Waals surface area contributed by atoms with Gasteiger partial charge in [0.25, 0.3) is 5.91 Å². The zero-order valence-corrected chi connectivity index (χ0v) is 11.1. The fraction of sp³-hybridized carbons (Fsp3) is 0.188. The molecule has 2 aromatic carbocycles. The Morgan fingerprint density at radius 2 is 1.95 bits per heavy atom. The number of hydrogen-bond donors (Lipinski definition) is 3. The van der Waals surface area contributed by atoms with Crippen molar-refractivity contribution in [1.82, 2.24) is 5.32 Å². The van der Waals surface area contributed by atoms with E-state index in [9.17, 15) is 19.4 Å². The largest absolute Gasteiger partial charge is 0.507 e. The molecular weight excluding hydrogens is 273 g/mol. The highest BCUT2D eigenvalue weighted by atomic mass is 19.1. The van der Waals surface area contributed by atoms with E-state index in [4.69, 9.17) is 0 Å². The summed E-state index contributed by atoms with van der Waals surface area (Å²) in [6.07, 6.45) is -0.329. The molecule has 3 rings (SSSR count). The predicted octanol–water partition coefficient (Wildman–Crippen LogP) is 1.92. The van der Waals surface area contributed by atoms with Crippen LogP contribution in [-0.4, -0.2) is 22.2 Å². The third kappa shape index (κ3) is 2.36. The van der Waals surface area contributed by atoms with Crippen molar-refractivity contribution >= 4 is 5.91 Å². The van der Waals surface area contributed by atoms with Gasteiger partial charge in [0.1, 0.15) is 17.1 Å². The molecule has 3 N–H and O–H groups in total. The van der Waals surface area contributed by atoms with Gasteiger partial charge in [-0.15, -0.1) is 0 Å². The lowest BCUT2D eigenvalue weighted by Gasteiger charge is -2.18. The fourth-order valence-electron chi connectivity index (χ4n) is 2.70. The van der Waals surface area contributed by atoms with E-state index in [0.717, 1.165) is 17.2 Å². The molecule has 4 nitrogen and oxygen atoms in total. The number of phenols is 1. The second-order valence-corrected chi connectivity index (χ2v) is 5.06. The summed E-state index contributed by atoms with van der Waals surface area (Å²) in [6, 6.07) is 10.4. The van der Waals surface area contributed by atoms with Gasteiger partial charge in [0.05, 0.1) is 12.1 Å². The molecule has 1 aliphatic carbocycles. The minimum atomic E-state index is -0.798. The first-order valence-electron chi connectivity index (χ1n) is 6.62. The fourth-order valence-corrected chi connectivity index (χ4v) is 2.70. The number of halogens is 1. The second kappa shape index (κ2) is 5.18. The number of benzene rings is 2. The van der Waals surface area contributed by atoms with Crippen LogP contribution in [0.2, 0.25) is 0 Å². The predicted molar refractivity (Wildman–Crippen MR) is 74.4 cm³/mol. The topological polar surface area (TPSA) is 69.6 Å². The molecule has 21 heavy (non-hydrogen) atoms. The molecule has 0 aliphatic heterocycles. The summed E-state index contributed by atoms with van der Waals surface area (Å²) in [5, 5.41) is 22.3. The minimum Gasteiger partial charge on any atom is -0.507 e. The lowest BCUT2D eigenvalue weighted by molar-refractivity contribution is 0.0851. The van der Waals surface area contributed by atoms with Gasteiger partial charge in [-0.3, -0.25) is 4.79 Å². The highest BCUT2D eigenvalue weighted by Crippen LogP contribution is 2.32. The van der Waals surface area contributed by atoms with Gasteiger partial charge < -0.3 is 15.5 Å². The molecule has 0 unspecified atom stereocenters. The number of rotatable bonds is 2. The average molecular weight is 287 g/mol. The number of carbonyl (C=O) groups excluding carboxylic acids is 1. The Labute approximate surface area is 120 Å². The third-order valence-corrected chi connectivity index (χ3v) is 3.71. The van der Waals surface area contributed by atoms with Gasteiger partial charge in [-0.05, 0) is 23.3 Å². The number of amides is 1. The number of aliphatic hydroxyl groups is 1. The van der Waals surface area contributed by atoms with Gasteiger partial charge in [0.2, 0.25) is 0 Å². The molecule has 0 aromatic heterocycles. The zero-order valence-electron chi connectivity index (χ0n) is 11.1. The molecule has 0 heterocycles. The van der Waals surface area contributed by atoms with Crippen LogP contribution < -0.4 is 5.32 Å². The number of fused-ring (bicyclic) bond motifs is 1. The normalized spacial score (nSPS) is 20.1. The summed E-state index contributed by atoms with van der Waals surface area (Å²) in [5.74, 6) is -1.96. The van der Waals surface area contributed by atoms with E-state index < -0.39 is 35.2 Å². The van der Waals surface area contributed by atoms with Gasteiger partial charge in [-0.1, -0.05) is 30.3 Å². The number of phenolic OH excluding ortho intramolecular Hbond substituents is 1. The molecular formula is C16H14FNO3. The first-order chi connectivity index (χ1) is 10.1. The van der Waals surface area contributed by atoms with E-state index in [1.54, 1.807) is 0 Å². The molecule has 2 aromatic rings. The van der Waals surface area contributed by atoms with Crippen LogP contribution in [0.15, 0.2) is 42.5 Å². The van der Waals surface area contributed by atoms with E-state index in [-0.39, 0.29) is 0 Å². The minimum absolute atomic E-state index is 0.408. The number of nitrogens with one attached hydrogen (secondary N) is 1. The van der Waals surface area contributed by atoms with Crippen molar-refractivity contribution < 1.29 is 19.4 Å². The van der Waals surface area contributed by atoms with Gasteiger partial charge in [0, 0.05) is 6.42 Å². The smallest absolute Gasteiger partial charge is 0.258 e. The van der Waals surface area contributed by atoms with Gasteiger partial charge in [-0.2, -0.15) is 0 Å². The van der Waals surface area contributed by atoms with Crippen molar-refractivity contribution in [2.24, 2.45) is 0 Å². The summed E-state index contributed by atoms with van der Waals surface area (Å²) in [7, 11) is 0. The van der Waals surface area contributed by atoms with Crippen LogP contribution in [0, 0.1) is 5.82 Å². The monoisotopic (exact) mass is 287 g/mol. The van der Waals surface area contributed by atoms with Crippen molar-refractivity contribution in [3.05, 3.63) is 65.0 Å². The lowest BCUT2D eigenvalue weighted by Crippen LogP contribution is -2.34. The Kier molecular flexibility index (Phi) is 3.35. The van der Waals surface area contributed by atoms with Crippen molar-refractivity contribution in [1.29, 1.82) is 0 Å². The molecule has 0 bridgehead atoms. The maximum absolute atomic E-state index is 13.7. The quantitative estimate of drug-likeness (QED) is 0.790. The number of carbonyl (C=O) groups is 1. The lowest BCUT2D eigenvalue weighted by atomic mass is 10.1. The Morgan fingerprint density at radius 3 is 2.71 bits per heavy atom. The van der Waals surface area contributed by atoms with Crippen molar-refractivity contribution in [3.8, 4) is 5.75 Å². The zero-order chi connectivity index (χ0) is 15.0. The van der Waals surface area contributed by atoms with E-state index in [1.807, 2.05) is 24.3 Å². The van der Waals surface area contributed by atoms with Crippen LogP contribution in [0.1, 0.15) is 27.5 Å². The van der Waals surface area contributed by atoms with E-state index in [1.165, 1.54) is 12.1 Å². The summed E-state index contributed by atoms with van der Waals surface area (Å²) in [6.45, 7) is 0. The van der Waals surface area contributed by atoms with Gasteiger partial charge >= 0.3 is 0 Å². The molecule has 0 spiro atoms. The number of hydrogen-bond acceptors (Lipinski definition) is 3. The molecule has 0 fully saturated rings. The molecule has 0 saturated carbocycles. The third-order valence-electron chi connectivity index (χ3n) is 3.71. The van der Waals surface area contributed by atoms with E-state index in [2.05, 4.69) is 5.32 Å². The standard InChI is InChI=1S/C16H14FNO3/c17-11-6-3-7-12(19)14(11)16(21)18-15-10-5-2-1-4-9(10)8-13(15)20/h1-7,13,15,19-20H,8H2,(H,18,21)/t13-,15+/m1/s1. The summed E-state index contributed by atoms with van der Waals surface area (Å²) >= 11 is 0. The molecule has 1 amide bonds. The van der Waals surface area contributed by atoms with Crippen molar-refractivity contribution in [2.75, 3.05) is 0 Å². The van der Waals surface area contributed by atoms with Crippen LogP contribution in [-0.2, 0) is 6.42 Å². The first-order valence-corrected chi connectivity index (χ1v) is 6.62. The SMILES string of the molecule is O=C(N[C@H]1c2ccccc2C[C@H]1O)c1c(O)cccc1F. The van der Waals surface area contributed by atoms with E-state index in [0.29, 0.717) is 6.42 Å².